The van der Waals surface area contributed by atoms with Gasteiger partial charge >= 0.3 is 0 Å². The minimum absolute atomic E-state index is 0.0592. The average molecular weight is 453 g/mol. The quantitative estimate of drug-likeness (QED) is 0.463. The Morgan fingerprint density at radius 2 is 1.53 bits per heavy atom. The molecule has 0 fully saturated rings. The molecule has 2 atom stereocenters. The Kier molecular flexibility index (Phi) is 8.62. The van der Waals surface area contributed by atoms with E-state index in [9.17, 15) is 13.5 Å². The van der Waals surface area contributed by atoms with Gasteiger partial charge in [0.15, 0.2) is 9.84 Å². The molecule has 0 amide bonds. The summed E-state index contributed by atoms with van der Waals surface area (Å²) >= 11 is 0. The van der Waals surface area contributed by atoms with Gasteiger partial charge in [-0.1, -0.05) is 72.8 Å². The lowest BCUT2D eigenvalue weighted by Crippen LogP contribution is -2.29. The van der Waals surface area contributed by atoms with Crippen LogP contribution in [0.1, 0.15) is 17.5 Å². The van der Waals surface area contributed by atoms with E-state index in [1.165, 1.54) is 0 Å². The maximum Gasteiger partial charge on any atom is 0.178 e. The summed E-state index contributed by atoms with van der Waals surface area (Å²) < 4.78 is 36.3. The van der Waals surface area contributed by atoms with E-state index in [0.29, 0.717) is 0 Å². The van der Waals surface area contributed by atoms with Crippen molar-refractivity contribution in [3.05, 3.63) is 102 Å². The van der Waals surface area contributed by atoms with Crippen molar-refractivity contribution in [3.8, 4) is 5.75 Å². The van der Waals surface area contributed by atoms with E-state index in [1.807, 2.05) is 60.7 Å². The van der Waals surface area contributed by atoms with Crippen LogP contribution >= 0.6 is 0 Å². The van der Waals surface area contributed by atoms with E-state index in [1.54, 1.807) is 43.5 Å². The summed E-state index contributed by atoms with van der Waals surface area (Å²) in [6.07, 6.45) is 2.06. The lowest BCUT2D eigenvalue weighted by atomic mass is 10.1. The van der Waals surface area contributed by atoms with Gasteiger partial charge in [0.1, 0.15) is 11.9 Å². The Morgan fingerprint density at radius 1 is 0.906 bits per heavy atom. The van der Waals surface area contributed by atoms with Crippen LogP contribution in [0, 0.1) is 0 Å². The zero-order chi connectivity index (χ0) is 22.8. The fourth-order valence-electron chi connectivity index (χ4n) is 3.17. The van der Waals surface area contributed by atoms with Gasteiger partial charge in [-0.25, -0.2) is 8.42 Å². The minimum Gasteiger partial charge on any atom is -0.497 e. The molecule has 0 saturated carbocycles. The summed E-state index contributed by atoms with van der Waals surface area (Å²) in [6.45, 7) is 0.274. The minimum atomic E-state index is -3.48. The maximum absolute atomic E-state index is 12.6. The van der Waals surface area contributed by atoms with Crippen LogP contribution in [-0.2, 0) is 21.2 Å². The molecular weight excluding hydrogens is 424 g/mol. The first-order valence-corrected chi connectivity index (χ1v) is 12.1. The Labute approximate surface area is 189 Å². The van der Waals surface area contributed by atoms with E-state index in [2.05, 4.69) is 0 Å². The monoisotopic (exact) mass is 452 g/mol. The largest absolute Gasteiger partial charge is 0.497 e. The zero-order valence-electron chi connectivity index (χ0n) is 18.0. The van der Waals surface area contributed by atoms with E-state index >= 15 is 0 Å². The summed E-state index contributed by atoms with van der Waals surface area (Å²) in [5, 5.41) is 10.8. The Hall–Kier alpha value is -2.93. The summed E-state index contributed by atoms with van der Waals surface area (Å²) in [4.78, 5) is 0.253. The van der Waals surface area contributed by atoms with Crippen LogP contribution in [0.15, 0.2) is 95.9 Å². The van der Waals surface area contributed by atoms with Gasteiger partial charge in [0.25, 0.3) is 0 Å². The third-order valence-electron chi connectivity index (χ3n) is 5.04. The number of rotatable bonds is 11. The predicted octanol–water partition coefficient (Wildman–Crippen LogP) is 4.52. The zero-order valence-corrected chi connectivity index (χ0v) is 18.8. The van der Waals surface area contributed by atoms with Crippen LogP contribution in [0.2, 0.25) is 0 Å². The standard InChI is InChI=1S/C26H28O5S/c1-30-23-15-12-22(13-16-23)20-31-26(17-14-21-8-4-2-5-9-21)25(27)18-19-32(28,29)24-10-6-3-7-11-24/h2-17,25-27H,18-20H2,1H3/b17-14+. The van der Waals surface area contributed by atoms with E-state index < -0.39 is 22.0 Å². The highest BCUT2D eigenvalue weighted by molar-refractivity contribution is 7.91. The van der Waals surface area contributed by atoms with E-state index in [4.69, 9.17) is 9.47 Å². The van der Waals surface area contributed by atoms with Crippen molar-refractivity contribution in [2.45, 2.75) is 30.1 Å². The SMILES string of the molecule is COc1ccc(COC(/C=C/c2ccccc2)C(O)CCS(=O)(=O)c2ccccc2)cc1. The molecule has 0 heterocycles. The van der Waals surface area contributed by atoms with Crippen molar-refractivity contribution in [2.24, 2.45) is 0 Å². The average Bonchev–Trinajstić information content (AvgIpc) is 2.84. The molecule has 0 aromatic heterocycles. The molecule has 0 radical (unpaired) electrons. The first-order chi connectivity index (χ1) is 15.5. The number of ether oxygens (including phenoxy) is 2. The molecule has 0 saturated heterocycles. The number of hydrogen-bond acceptors (Lipinski definition) is 5. The molecule has 3 aromatic carbocycles. The highest BCUT2D eigenvalue weighted by Crippen LogP contribution is 2.18. The van der Waals surface area contributed by atoms with Gasteiger partial charge in [-0.2, -0.15) is 0 Å². The first-order valence-electron chi connectivity index (χ1n) is 10.4. The second-order valence-corrected chi connectivity index (χ2v) is 9.49. The molecule has 3 aromatic rings. The lowest BCUT2D eigenvalue weighted by molar-refractivity contribution is -0.0188. The normalized spacial score (nSPS) is 13.7. The fourth-order valence-corrected chi connectivity index (χ4v) is 4.52. The van der Waals surface area contributed by atoms with Crippen LogP contribution in [0.4, 0.5) is 0 Å². The molecule has 6 heteroatoms. The van der Waals surface area contributed by atoms with Crippen molar-refractivity contribution in [1.82, 2.24) is 0 Å². The van der Waals surface area contributed by atoms with Gasteiger partial charge in [0.05, 0.1) is 30.5 Å². The summed E-state index contributed by atoms with van der Waals surface area (Å²) in [6, 6.07) is 25.4. The van der Waals surface area contributed by atoms with Gasteiger partial charge in [0, 0.05) is 0 Å². The molecule has 168 valence electrons. The molecule has 0 aliphatic rings. The maximum atomic E-state index is 12.6. The Balaban J connectivity index is 1.69. The highest BCUT2D eigenvalue weighted by Gasteiger charge is 2.22. The Bertz CT molecular complexity index is 1080. The number of aliphatic hydroxyl groups excluding tert-OH is 1. The molecule has 1 N–H and O–H groups in total. The third-order valence-corrected chi connectivity index (χ3v) is 6.81. The van der Waals surface area contributed by atoms with Gasteiger partial charge in [-0.3, -0.25) is 0 Å². The number of aliphatic hydroxyl groups is 1. The fraction of sp³-hybridized carbons (Fsp3) is 0.231. The van der Waals surface area contributed by atoms with Gasteiger partial charge in [-0.15, -0.1) is 0 Å². The smallest absolute Gasteiger partial charge is 0.178 e. The van der Waals surface area contributed by atoms with Crippen LogP contribution in [0.3, 0.4) is 0 Å². The molecule has 0 aliphatic heterocycles. The van der Waals surface area contributed by atoms with Crippen molar-refractivity contribution in [1.29, 1.82) is 0 Å². The van der Waals surface area contributed by atoms with Crippen molar-refractivity contribution >= 4 is 15.9 Å². The van der Waals surface area contributed by atoms with Gasteiger partial charge in [0.2, 0.25) is 0 Å². The van der Waals surface area contributed by atoms with Gasteiger partial charge < -0.3 is 14.6 Å². The lowest BCUT2D eigenvalue weighted by Gasteiger charge is -2.21. The summed E-state index contributed by atoms with van der Waals surface area (Å²) in [5.74, 6) is 0.583. The molecule has 0 spiro atoms. The topological polar surface area (TPSA) is 72.8 Å². The Morgan fingerprint density at radius 3 is 2.16 bits per heavy atom. The molecule has 0 aliphatic carbocycles. The summed E-state index contributed by atoms with van der Waals surface area (Å²) in [7, 11) is -1.88. The molecule has 5 nitrogen and oxygen atoms in total. The second kappa shape index (κ2) is 11.6. The number of methoxy groups -OCH3 is 1. The third kappa shape index (κ3) is 7.05. The van der Waals surface area contributed by atoms with Gasteiger partial charge in [-0.05, 0) is 41.8 Å². The number of hydrogen-bond donors (Lipinski definition) is 1. The second-order valence-electron chi connectivity index (χ2n) is 7.38. The molecule has 0 bridgehead atoms. The molecule has 2 unspecified atom stereocenters. The van der Waals surface area contributed by atoms with Crippen molar-refractivity contribution in [2.75, 3.05) is 12.9 Å². The van der Waals surface area contributed by atoms with Crippen molar-refractivity contribution < 1.29 is 23.0 Å². The highest BCUT2D eigenvalue weighted by atomic mass is 32.2. The van der Waals surface area contributed by atoms with Crippen LogP contribution in [0.25, 0.3) is 6.08 Å². The van der Waals surface area contributed by atoms with Crippen LogP contribution < -0.4 is 4.74 Å². The number of benzene rings is 3. The summed E-state index contributed by atoms with van der Waals surface area (Å²) in [5.41, 5.74) is 1.89. The first kappa shape index (κ1) is 23.7. The van der Waals surface area contributed by atoms with Crippen LogP contribution in [-0.4, -0.2) is 38.6 Å². The van der Waals surface area contributed by atoms with Crippen molar-refractivity contribution in [3.63, 3.8) is 0 Å². The van der Waals surface area contributed by atoms with E-state index in [0.717, 1.165) is 16.9 Å². The molecular formula is C26H28O5S. The van der Waals surface area contributed by atoms with Crippen LogP contribution in [0.5, 0.6) is 5.75 Å². The number of sulfone groups is 1. The molecule has 32 heavy (non-hydrogen) atoms. The molecule has 3 rings (SSSR count). The predicted molar refractivity (Wildman–Crippen MR) is 126 cm³/mol. The van der Waals surface area contributed by atoms with E-state index in [-0.39, 0.29) is 23.7 Å².